The highest BCUT2D eigenvalue weighted by Gasteiger charge is 2.19. The van der Waals surface area contributed by atoms with E-state index in [1.54, 1.807) is 18.2 Å². The first-order valence-corrected chi connectivity index (χ1v) is 6.89. The first-order valence-electron chi connectivity index (χ1n) is 6.89. The Morgan fingerprint density at radius 1 is 1.30 bits per heavy atom. The molecule has 0 saturated heterocycles. The summed E-state index contributed by atoms with van der Waals surface area (Å²) in [7, 11) is 0. The number of carbonyl (C=O) groups excluding carboxylic acids is 1. The molecular weight excluding hydrogens is 254 g/mol. The molecule has 1 aliphatic rings. The second kappa shape index (κ2) is 6.37. The smallest absolute Gasteiger partial charge is 0.328 e. The van der Waals surface area contributed by atoms with Crippen molar-refractivity contribution in [2.24, 2.45) is 0 Å². The van der Waals surface area contributed by atoms with Crippen LogP contribution < -0.4 is 5.32 Å². The predicted molar refractivity (Wildman–Crippen MR) is 77.6 cm³/mol. The Morgan fingerprint density at radius 2 is 2.00 bits per heavy atom. The third-order valence-electron chi connectivity index (χ3n) is 3.72. The van der Waals surface area contributed by atoms with Crippen molar-refractivity contribution in [3.8, 4) is 0 Å². The molecule has 0 atom stereocenters. The molecule has 0 spiro atoms. The Labute approximate surface area is 118 Å². The number of nitrogens with one attached hydrogen (secondary N) is 1. The van der Waals surface area contributed by atoms with Gasteiger partial charge < -0.3 is 10.4 Å². The van der Waals surface area contributed by atoms with Gasteiger partial charge in [-0.2, -0.15) is 0 Å². The number of aliphatic carboxylic acids is 1. The van der Waals surface area contributed by atoms with Crippen molar-refractivity contribution in [2.75, 3.05) is 0 Å². The third-order valence-corrected chi connectivity index (χ3v) is 3.72. The minimum absolute atomic E-state index is 0.0695. The van der Waals surface area contributed by atoms with E-state index < -0.39 is 5.97 Å². The summed E-state index contributed by atoms with van der Waals surface area (Å²) in [5, 5.41) is 11.7. The zero-order chi connectivity index (χ0) is 14.5. The van der Waals surface area contributed by atoms with Crippen LogP contribution in [0.3, 0.4) is 0 Å². The lowest BCUT2D eigenvalue weighted by molar-refractivity contribution is -0.131. The lowest BCUT2D eigenvalue weighted by Crippen LogP contribution is -2.33. The monoisotopic (exact) mass is 273 g/mol. The molecule has 20 heavy (non-hydrogen) atoms. The van der Waals surface area contributed by atoms with E-state index in [1.807, 2.05) is 6.92 Å². The molecule has 0 bridgehead atoms. The van der Waals surface area contributed by atoms with E-state index in [4.69, 9.17) is 5.11 Å². The fourth-order valence-electron chi connectivity index (χ4n) is 2.57. The van der Waals surface area contributed by atoms with E-state index in [-0.39, 0.29) is 11.9 Å². The first kappa shape index (κ1) is 14.3. The van der Waals surface area contributed by atoms with E-state index in [0.29, 0.717) is 5.56 Å². The van der Waals surface area contributed by atoms with Gasteiger partial charge in [-0.15, -0.1) is 0 Å². The molecule has 1 fully saturated rings. The van der Waals surface area contributed by atoms with Gasteiger partial charge in [-0.3, -0.25) is 4.79 Å². The van der Waals surface area contributed by atoms with Gasteiger partial charge >= 0.3 is 5.97 Å². The number of carbonyl (C=O) groups is 2. The summed E-state index contributed by atoms with van der Waals surface area (Å²) < 4.78 is 0. The van der Waals surface area contributed by atoms with Crippen LogP contribution in [0.2, 0.25) is 0 Å². The molecule has 1 amide bonds. The molecule has 1 aromatic rings. The fraction of sp³-hybridized carbons (Fsp3) is 0.375. The molecule has 0 radical (unpaired) electrons. The molecule has 0 heterocycles. The standard InChI is InChI=1S/C16H19NO3/c1-11-12(9-10-15(18)19)5-4-8-14(11)16(20)17-13-6-2-3-7-13/h4-5,8-10,13H,2-3,6-7H2,1H3,(H,17,20)(H,18,19). The van der Waals surface area contributed by atoms with Crippen molar-refractivity contribution in [1.29, 1.82) is 0 Å². The van der Waals surface area contributed by atoms with Crippen molar-refractivity contribution in [2.45, 2.75) is 38.6 Å². The lowest BCUT2D eigenvalue weighted by atomic mass is 10.0. The SMILES string of the molecule is Cc1c(C=CC(=O)O)cccc1C(=O)NC1CCCC1. The van der Waals surface area contributed by atoms with Crippen LogP contribution in [0.25, 0.3) is 6.08 Å². The minimum atomic E-state index is -0.995. The van der Waals surface area contributed by atoms with E-state index in [9.17, 15) is 9.59 Å². The largest absolute Gasteiger partial charge is 0.478 e. The third kappa shape index (κ3) is 3.47. The van der Waals surface area contributed by atoms with E-state index in [0.717, 1.165) is 30.0 Å². The Bertz CT molecular complexity index is 543. The molecule has 2 N–H and O–H groups in total. The number of carboxylic acids is 1. The highest BCUT2D eigenvalue weighted by molar-refractivity contribution is 5.97. The minimum Gasteiger partial charge on any atom is -0.478 e. The summed E-state index contributed by atoms with van der Waals surface area (Å²) in [5.74, 6) is -1.06. The summed E-state index contributed by atoms with van der Waals surface area (Å²) >= 11 is 0. The molecule has 1 saturated carbocycles. The van der Waals surface area contributed by atoms with Gasteiger partial charge in [0.2, 0.25) is 0 Å². The van der Waals surface area contributed by atoms with E-state index in [1.165, 1.54) is 18.9 Å². The predicted octanol–water partition coefficient (Wildman–Crippen LogP) is 2.77. The van der Waals surface area contributed by atoms with Crippen molar-refractivity contribution in [3.05, 3.63) is 41.0 Å². The number of benzene rings is 1. The molecule has 4 nitrogen and oxygen atoms in total. The number of hydrogen-bond donors (Lipinski definition) is 2. The Morgan fingerprint density at radius 3 is 2.65 bits per heavy atom. The van der Waals surface area contributed by atoms with Crippen LogP contribution in [-0.4, -0.2) is 23.0 Å². The van der Waals surface area contributed by atoms with Gasteiger partial charge in [-0.25, -0.2) is 4.79 Å². The molecule has 0 unspecified atom stereocenters. The molecule has 106 valence electrons. The van der Waals surface area contributed by atoms with Crippen molar-refractivity contribution < 1.29 is 14.7 Å². The van der Waals surface area contributed by atoms with Crippen molar-refractivity contribution >= 4 is 18.0 Å². The zero-order valence-corrected chi connectivity index (χ0v) is 11.6. The lowest BCUT2D eigenvalue weighted by Gasteiger charge is -2.14. The highest BCUT2D eigenvalue weighted by Crippen LogP contribution is 2.20. The fourth-order valence-corrected chi connectivity index (χ4v) is 2.57. The van der Waals surface area contributed by atoms with Gasteiger partial charge in [0.25, 0.3) is 5.91 Å². The Hall–Kier alpha value is -2.10. The van der Waals surface area contributed by atoms with Gasteiger partial charge in [0, 0.05) is 17.7 Å². The topological polar surface area (TPSA) is 66.4 Å². The maximum absolute atomic E-state index is 12.3. The number of amides is 1. The Kier molecular flexibility index (Phi) is 4.56. The summed E-state index contributed by atoms with van der Waals surface area (Å²) in [4.78, 5) is 22.8. The van der Waals surface area contributed by atoms with Crippen molar-refractivity contribution in [3.63, 3.8) is 0 Å². The normalized spacial score (nSPS) is 15.7. The van der Waals surface area contributed by atoms with Crippen LogP contribution in [0.15, 0.2) is 24.3 Å². The van der Waals surface area contributed by atoms with Crippen LogP contribution in [-0.2, 0) is 4.79 Å². The van der Waals surface area contributed by atoms with Gasteiger partial charge in [-0.1, -0.05) is 25.0 Å². The molecule has 1 aliphatic carbocycles. The molecular formula is C16H19NO3. The zero-order valence-electron chi connectivity index (χ0n) is 11.6. The molecule has 0 aromatic heterocycles. The maximum Gasteiger partial charge on any atom is 0.328 e. The van der Waals surface area contributed by atoms with E-state index >= 15 is 0 Å². The van der Waals surface area contributed by atoms with Crippen LogP contribution >= 0.6 is 0 Å². The molecule has 0 aliphatic heterocycles. The quantitative estimate of drug-likeness (QED) is 0.829. The maximum atomic E-state index is 12.3. The van der Waals surface area contributed by atoms with Gasteiger partial charge in [0.05, 0.1) is 0 Å². The average Bonchev–Trinajstić information content (AvgIpc) is 2.90. The summed E-state index contributed by atoms with van der Waals surface area (Å²) in [6.45, 7) is 1.84. The van der Waals surface area contributed by atoms with Crippen molar-refractivity contribution in [1.82, 2.24) is 5.32 Å². The average molecular weight is 273 g/mol. The van der Waals surface area contributed by atoms with Gasteiger partial charge in [-0.05, 0) is 43.0 Å². The van der Waals surface area contributed by atoms with Crippen LogP contribution in [0, 0.1) is 6.92 Å². The second-order valence-electron chi connectivity index (χ2n) is 5.15. The summed E-state index contributed by atoms with van der Waals surface area (Å²) in [5.41, 5.74) is 2.18. The molecule has 2 rings (SSSR count). The van der Waals surface area contributed by atoms with Crippen LogP contribution in [0.1, 0.15) is 47.2 Å². The Balaban J connectivity index is 2.16. The van der Waals surface area contributed by atoms with Gasteiger partial charge in [0.1, 0.15) is 0 Å². The summed E-state index contributed by atoms with van der Waals surface area (Å²) in [6.07, 6.45) is 7.04. The molecule has 1 aromatic carbocycles. The van der Waals surface area contributed by atoms with Crippen LogP contribution in [0.4, 0.5) is 0 Å². The number of carboxylic acid groups (broad SMARTS) is 1. The number of hydrogen-bond acceptors (Lipinski definition) is 2. The van der Waals surface area contributed by atoms with Crippen LogP contribution in [0.5, 0.6) is 0 Å². The van der Waals surface area contributed by atoms with Gasteiger partial charge in [0.15, 0.2) is 0 Å². The highest BCUT2D eigenvalue weighted by atomic mass is 16.4. The summed E-state index contributed by atoms with van der Waals surface area (Å²) in [6, 6.07) is 5.64. The molecule has 4 heteroatoms. The number of rotatable bonds is 4. The first-order chi connectivity index (χ1) is 9.58. The van der Waals surface area contributed by atoms with E-state index in [2.05, 4.69) is 5.32 Å². The second-order valence-corrected chi connectivity index (χ2v) is 5.15.